The van der Waals surface area contributed by atoms with Crippen LogP contribution in [0, 0.1) is 0 Å². The Morgan fingerprint density at radius 2 is 2.00 bits per heavy atom. The van der Waals surface area contributed by atoms with Crippen molar-refractivity contribution in [2.75, 3.05) is 19.8 Å². The van der Waals surface area contributed by atoms with E-state index in [4.69, 9.17) is 9.47 Å². The number of halogens is 2. The molecule has 1 unspecified atom stereocenters. The number of benzene rings is 1. The lowest BCUT2D eigenvalue weighted by molar-refractivity contribution is 0.0167. The van der Waals surface area contributed by atoms with Crippen molar-refractivity contribution in [3.05, 3.63) is 23.3 Å². The topological polar surface area (TPSA) is 30.5 Å². The van der Waals surface area contributed by atoms with Gasteiger partial charge in [-0.25, -0.2) is 8.78 Å². The van der Waals surface area contributed by atoms with Gasteiger partial charge in [-0.2, -0.15) is 0 Å². The fourth-order valence-electron chi connectivity index (χ4n) is 2.81. The highest BCUT2D eigenvalue weighted by atomic mass is 19.3. The van der Waals surface area contributed by atoms with Gasteiger partial charge in [0.25, 0.3) is 5.92 Å². The summed E-state index contributed by atoms with van der Waals surface area (Å²) >= 11 is 0. The summed E-state index contributed by atoms with van der Waals surface area (Å²) in [5, 5.41) is 3.38. The third kappa shape index (κ3) is 2.59. The van der Waals surface area contributed by atoms with E-state index in [1.54, 1.807) is 6.07 Å². The molecule has 1 fully saturated rings. The Kier molecular flexibility index (Phi) is 3.54. The van der Waals surface area contributed by atoms with Crippen LogP contribution in [0.3, 0.4) is 0 Å². The maximum atomic E-state index is 13.7. The molecule has 110 valence electrons. The highest BCUT2D eigenvalue weighted by molar-refractivity contribution is 5.52. The van der Waals surface area contributed by atoms with Gasteiger partial charge in [-0.05, 0) is 31.5 Å². The lowest BCUT2D eigenvalue weighted by atomic mass is 9.93. The highest BCUT2D eigenvalue weighted by Gasteiger charge is 2.31. The minimum Gasteiger partial charge on any atom is -0.486 e. The third-order valence-electron chi connectivity index (χ3n) is 3.86. The number of hydrogen-bond donors (Lipinski definition) is 1. The Morgan fingerprint density at radius 1 is 1.20 bits per heavy atom. The first-order chi connectivity index (χ1) is 9.55. The molecule has 0 spiro atoms. The molecular formula is C15H19F2NO2. The Hall–Kier alpha value is -1.36. The summed E-state index contributed by atoms with van der Waals surface area (Å²) in [5.41, 5.74) is 0.794. The summed E-state index contributed by atoms with van der Waals surface area (Å²) < 4.78 is 38.5. The van der Waals surface area contributed by atoms with Crippen molar-refractivity contribution in [2.45, 2.75) is 38.2 Å². The van der Waals surface area contributed by atoms with E-state index in [1.165, 1.54) is 6.07 Å². The van der Waals surface area contributed by atoms with Gasteiger partial charge in [0.05, 0.1) is 0 Å². The zero-order chi connectivity index (χ0) is 14.2. The van der Waals surface area contributed by atoms with Crippen molar-refractivity contribution >= 4 is 0 Å². The van der Waals surface area contributed by atoms with E-state index in [1.807, 2.05) is 0 Å². The molecule has 0 aliphatic carbocycles. The first-order valence-electron chi connectivity index (χ1n) is 7.11. The molecule has 1 N–H and O–H groups in total. The van der Waals surface area contributed by atoms with E-state index in [0.717, 1.165) is 38.3 Å². The molecule has 0 aromatic heterocycles. The molecule has 1 aromatic rings. The average molecular weight is 283 g/mol. The van der Waals surface area contributed by atoms with Crippen LogP contribution in [0.1, 0.15) is 43.4 Å². The number of alkyl halides is 2. The van der Waals surface area contributed by atoms with Gasteiger partial charge in [-0.3, -0.25) is 0 Å². The van der Waals surface area contributed by atoms with E-state index < -0.39 is 5.92 Å². The third-order valence-corrected chi connectivity index (χ3v) is 3.86. The number of hydrogen-bond acceptors (Lipinski definition) is 3. The summed E-state index contributed by atoms with van der Waals surface area (Å²) in [6.07, 6.45) is 3.16. The molecule has 1 atom stereocenters. The van der Waals surface area contributed by atoms with Crippen LogP contribution in [0.4, 0.5) is 8.78 Å². The van der Waals surface area contributed by atoms with Gasteiger partial charge in [-0.15, -0.1) is 0 Å². The van der Waals surface area contributed by atoms with Crippen LogP contribution in [-0.2, 0) is 5.92 Å². The predicted octanol–water partition coefficient (Wildman–Crippen LogP) is 3.38. The van der Waals surface area contributed by atoms with E-state index in [2.05, 4.69) is 5.32 Å². The zero-order valence-electron chi connectivity index (χ0n) is 11.5. The van der Waals surface area contributed by atoms with Crippen molar-refractivity contribution in [2.24, 2.45) is 0 Å². The summed E-state index contributed by atoms with van der Waals surface area (Å²) in [4.78, 5) is 0. The first kappa shape index (κ1) is 13.6. The minimum absolute atomic E-state index is 0.0101. The second-order valence-corrected chi connectivity index (χ2v) is 5.48. The summed E-state index contributed by atoms with van der Waals surface area (Å²) in [6, 6.07) is 3.04. The molecule has 2 aliphatic rings. The molecule has 1 saturated heterocycles. The van der Waals surface area contributed by atoms with Crippen LogP contribution in [0.15, 0.2) is 12.1 Å². The second kappa shape index (κ2) is 5.20. The van der Waals surface area contributed by atoms with E-state index in [9.17, 15) is 8.78 Å². The Balaban J connectivity index is 2.05. The number of piperidine rings is 1. The van der Waals surface area contributed by atoms with Crippen LogP contribution < -0.4 is 14.8 Å². The number of rotatable bonds is 2. The molecule has 2 aliphatic heterocycles. The molecule has 20 heavy (non-hydrogen) atoms. The van der Waals surface area contributed by atoms with Gasteiger partial charge in [0.1, 0.15) is 13.2 Å². The van der Waals surface area contributed by atoms with Crippen LogP contribution in [0.25, 0.3) is 0 Å². The van der Waals surface area contributed by atoms with E-state index in [-0.39, 0.29) is 11.6 Å². The van der Waals surface area contributed by atoms with Crippen molar-refractivity contribution in [1.29, 1.82) is 0 Å². The van der Waals surface area contributed by atoms with Crippen molar-refractivity contribution in [3.8, 4) is 11.5 Å². The van der Waals surface area contributed by atoms with Crippen LogP contribution in [0.2, 0.25) is 0 Å². The van der Waals surface area contributed by atoms with Crippen molar-refractivity contribution < 1.29 is 18.3 Å². The van der Waals surface area contributed by atoms with Crippen molar-refractivity contribution in [1.82, 2.24) is 5.32 Å². The molecule has 0 radical (unpaired) electrons. The molecule has 3 rings (SSSR count). The Bertz CT molecular complexity index is 493. The largest absolute Gasteiger partial charge is 0.486 e. The van der Waals surface area contributed by atoms with Gasteiger partial charge in [-0.1, -0.05) is 6.42 Å². The van der Waals surface area contributed by atoms with Crippen LogP contribution >= 0.6 is 0 Å². The van der Waals surface area contributed by atoms with Crippen molar-refractivity contribution in [3.63, 3.8) is 0 Å². The summed E-state index contributed by atoms with van der Waals surface area (Å²) in [6.45, 7) is 2.70. The number of nitrogens with one attached hydrogen (secondary N) is 1. The zero-order valence-corrected chi connectivity index (χ0v) is 11.5. The van der Waals surface area contributed by atoms with Crippen LogP contribution in [0.5, 0.6) is 11.5 Å². The highest BCUT2D eigenvalue weighted by Crippen LogP contribution is 2.43. The molecule has 0 saturated carbocycles. The van der Waals surface area contributed by atoms with Gasteiger partial charge in [0.15, 0.2) is 11.5 Å². The molecule has 0 bridgehead atoms. The second-order valence-electron chi connectivity index (χ2n) is 5.48. The lowest BCUT2D eigenvalue weighted by Gasteiger charge is -2.29. The fraction of sp³-hybridized carbons (Fsp3) is 0.600. The summed E-state index contributed by atoms with van der Waals surface area (Å²) in [7, 11) is 0. The smallest absolute Gasteiger partial charge is 0.270 e. The van der Waals surface area contributed by atoms with E-state index >= 15 is 0 Å². The minimum atomic E-state index is -2.88. The fourth-order valence-corrected chi connectivity index (χ4v) is 2.81. The van der Waals surface area contributed by atoms with Gasteiger partial charge >= 0.3 is 0 Å². The molecule has 0 amide bonds. The monoisotopic (exact) mass is 283 g/mol. The standard InChI is InChI=1S/C15H19F2NO2/c1-15(16,17)10-8-11(12-4-2-3-5-18-12)14-13(9-10)19-6-7-20-14/h8-9,12,18H,2-7H2,1H3. The number of fused-ring (bicyclic) bond motifs is 1. The normalized spacial score (nSPS) is 22.6. The molecule has 3 nitrogen and oxygen atoms in total. The lowest BCUT2D eigenvalue weighted by Crippen LogP contribution is -2.29. The molecular weight excluding hydrogens is 264 g/mol. The number of ether oxygens (including phenoxy) is 2. The quantitative estimate of drug-likeness (QED) is 0.902. The van der Waals surface area contributed by atoms with E-state index in [0.29, 0.717) is 24.7 Å². The molecule has 5 heteroatoms. The van der Waals surface area contributed by atoms with Gasteiger partial charge < -0.3 is 14.8 Å². The van der Waals surface area contributed by atoms with Gasteiger partial charge in [0, 0.05) is 24.1 Å². The maximum Gasteiger partial charge on any atom is 0.270 e. The van der Waals surface area contributed by atoms with Gasteiger partial charge in [0.2, 0.25) is 0 Å². The van der Waals surface area contributed by atoms with Crippen LogP contribution in [-0.4, -0.2) is 19.8 Å². The maximum absolute atomic E-state index is 13.7. The molecule has 1 aromatic carbocycles. The average Bonchev–Trinajstić information content (AvgIpc) is 2.46. The Morgan fingerprint density at radius 3 is 2.70 bits per heavy atom. The summed E-state index contributed by atoms with van der Waals surface area (Å²) in [5.74, 6) is -1.81. The Labute approximate surface area is 117 Å². The first-order valence-corrected chi connectivity index (χ1v) is 7.11. The molecule has 2 heterocycles. The predicted molar refractivity (Wildman–Crippen MR) is 71.6 cm³/mol. The SMILES string of the molecule is CC(F)(F)c1cc2c(c(C3CCCCN3)c1)OCCO2.